The molecule has 3 aromatic rings. The Bertz CT molecular complexity index is 991. The molecule has 0 amide bonds. The van der Waals surface area contributed by atoms with Gasteiger partial charge in [0.05, 0.1) is 26.4 Å². The summed E-state index contributed by atoms with van der Waals surface area (Å²) in [5.41, 5.74) is 3.74. The van der Waals surface area contributed by atoms with Gasteiger partial charge in [-0.2, -0.15) is 0 Å². The van der Waals surface area contributed by atoms with E-state index in [1.165, 1.54) is 0 Å². The maximum absolute atomic E-state index is 11.1. The maximum Gasteiger partial charge on any atom is 0.116 e. The number of hydrogen-bond donors (Lipinski definition) is 2. The lowest BCUT2D eigenvalue weighted by molar-refractivity contribution is -0.147. The molecule has 0 fully saturated rings. The van der Waals surface area contributed by atoms with Crippen molar-refractivity contribution in [1.82, 2.24) is 0 Å². The molecule has 0 radical (unpaired) electrons. The van der Waals surface area contributed by atoms with Crippen LogP contribution in [0.2, 0.25) is 0 Å². The van der Waals surface area contributed by atoms with Crippen LogP contribution in [0.5, 0.6) is 0 Å². The Balaban J connectivity index is 1.45. The summed E-state index contributed by atoms with van der Waals surface area (Å²) in [5, 5.41) is 21.9. The molecule has 5 heteroatoms. The van der Waals surface area contributed by atoms with Gasteiger partial charge in [0.1, 0.15) is 24.4 Å². The van der Waals surface area contributed by atoms with Crippen LogP contribution in [0.25, 0.3) is 0 Å². The average molecular weight is 447 g/mol. The highest BCUT2D eigenvalue weighted by Crippen LogP contribution is 2.27. The summed E-state index contributed by atoms with van der Waals surface area (Å²) in [5.74, 6) is 0. The molecule has 1 aliphatic carbocycles. The van der Waals surface area contributed by atoms with Gasteiger partial charge in [-0.25, -0.2) is 0 Å². The molecule has 2 N–H and O–H groups in total. The van der Waals surface area contributed by atoms with E-state index in [-0.39, 0.29) is 6.61 Å². The Hall–Kier alpha value is -2.80. The van der Waals surface area contributed by atoms with Crippen LogP contribution in [-0.4, -0.2) is 41.2 Å². The second-order valence-corrected chi connectivity index (χ2v) is 8.18. The van der Waals surface area contributed by atoms with Crippen molar-refractivity contribution in [3.8, 4) is 0 Å². The van der Waals surface area contributed by atoms with Crippen molar-refractivity contribution >= 4 is 0 Å². The van der Waals surface area contributed by atoms with E-state index < -0.39 is 24.4 Å². The molecule has 5 nitrogen and oxygen atoms in total. The van der Waals surface area contributed by atoms with Gasteiger partial charge in [-0.3, -0.25) is 0 Å². The number of aliphatic hydroxyl groups is 2. The molecule has 0 aromatic heterocycles. The van der Waals surface area contributed by atoms with Gasteiger partial charge in [0.25, 0.3) is 0 Å². The number of benzene rings is 3. The Morgan fingerprint density at radius 2 is 1.06 bits per heavy atom. The molecule has 0 saturated carbocycles. The van der Waals surface area contributed by atoms with Crippen molar-refractivity contribution in [2.24, 2.45) is 0 Å². The normalized spacial score (nSPS) is 22.7. The lowest BCUT2D eigenvalue weighted by Crippen LogP contribution is -2.51. The van der Waals surface area contributed by atoms with E-state index in [1.54, 1.807) is 6.08 Å². The maximum atomic E-state index is 11.1. The number of ether oxygens (including phenoxy) is 3. The Labute approximate surface area is 194 Å². The predicted molar refractivity (Wildman–Crippen MR) is 126 cm³/mol. The minimum Gasteiger partial charge on any atom is -0.387 e. The highest BCUT2D eigenvalue weighted by Gasteiger charge is 2.40. The summed E-state index contributed by atoms with van der Waals surface area (Å²) >= 11 is 0. The molecular weight excluding hydrogens is 416 g/mol. The fourth-order valence-electron chi connectivity index (χ4n) is 3.92. The monoisotopic (exact) mass is 446 g/mol. The average Bonchev–Trinajstić information content (AvgIpc) is 2.85. The predicted octanol–water partition coefficient (Wildman–Crippen LogP) is 4.04. The standard InChI is InChI=1S/C28H30O5/c29-25-16-24(20-31-17-21-10-4-1-5-11-21)27(32-18-22-12-6-2-7-13-22)26(30)28(25)33-19-23-14-8-3-9-15-23/h1-16,25-30H,17-20H2/t25-,26+,27-,28+/m1/s1. The van der Waals surface area contributed by atoms with Crippen molar-refractivity contribution in [2.75, 3.05) is 6.61 Å². The van der Waals surface area contributed by atoms with Crippen molar-refractivity contribution in [1.29, 1.82) is 0 Å². The zero-order valence-electron chi connectivity index (χ0n) is 18.5. The molecule has 33 heavy (non-hydrogen) atoms. The number of hydrogen-bond acceptors (Lipinski definition) is 5. The fraction of sp³-hybridized carbons (Fsp3) is 0.286. The first-order valence-corrected chi connectivity index (χ1v) is 11.2. The van der Waals surface area contributed by atoms with Crippen LogP contribution in [0, 0.1) is 0 Å². The van der Waals surface area contributed by atoms with Crippen LogP contribution >= 0.6 is 0 Å². The molecule has 0 unspecified atom stereocenters. The van der Waals surface area contributed by atoms with E-state index in [9.17, 15) is 10.2 Å². The van der Waals surface area contributed by atoms with Gasteiger partial charge in [-0.05, 0) is 28.3 Å². The van der Waals surface area contributed by atoms with Crippen molar-refractivity contribution in [3.05, 3.63) is 119 Å². The summed E-state index contributed by atoms with van der Waals surface area (Å²) in [6.45, 7) is 1.30. The largest absolute Gasteiger partial charge is 0.387 e. The highest BCUT2D eigenvalue weighted by atomic mass is 16.5. The molecule has 0 spiro atoms. The first kappa shape index (κ1) is 23.4. The minimum atomic E-state index is -1.03. The topological polar surface area (TPSA) is 68.2 Å². The molecular formula is C28H30O5. The third kappa shape index (κ3) is 6.60. The molecule has 0 saturated heterocycles. The van der Waals surface area contributed by atoms with Gasteiger partial charge in [-0.15, -0.1) is 0 Å². The smallest absolute Gasteiger partial charge is 0.116 e. The third-order valence-corrected chi connectivity index (χ3v) is 5.67. The van der Waals surface area contributed by atoms with E-state index in [0.717, 1.165) is 16.7 Å². The van der Waals surface area contributed by atoms with Crippen molar-refractivity contribution in [2.45, 2.75) is 44.2 Å². The van der Waals surface area contributed by atoms with Crippen LogP contribution in [0.3, 0.4) is 0 Å². The van der Waals surface area contributed by atoms with E-state index in [1.807, 2.05) is 91.0 Å². The molecule has 172 valence electrons. The molecule has 1 aliphatic rings. The summed E-state index contributed by atoms with van der Waals surface area (Å²) < 4.78 is 18.0. The lowest BCUT2D eigenvalue weighted by Gasteiger charge is -2.37. The van der Waals surface area contributed by atoms with E-state index >= 15 is 0 Å². The summed E-state index contributed by atoms with van der Waals surface area (Å²) in [6, 6.07) is 29.4. The molecule has 0 heterocycles. The lowest BCUT2D eigenvalue weighted by atomic mass is 9.89. The number of aliphatic hydroxyl groups excluding tert-OH is 2. The fourth-order valence-corrected chi connectivity index (χ4v) is 3.92. The second kappa shape index (κ2) is 11.9. The van der Waals surface area contributed by atoms with E-state index in [4.69, 9.17) is 14.2 Å². The highest BCUT2D eigenvalue weighted by molar-refractivity contribution is 5.23. The van der Waals surface area contributed by atoms with Crippen molar-refractivity contribution < 1.29 is 24.4 Å². The molecule has 4 atom stereocenters. The quantitative estimate of drug-likeness (QED) is 0.460. The number of rotatable bonds is 10. The SMILES string of the molecule is O[C@@H]1[C@@H](OCc2ccccc2)[C@H](O)C=C(COCc2ccccc2)[C@H]1OCc1ccccc1. The van der Waals surface area contributed by atoms with E-state index in [2.05, 4.69) is 0 Å². The van der Waals surface area contributed by atoms with Gasteiger partial charge in [0.2, 0.25) is 0 Å². The van der Waals surface area contributed by atoms with Gasteiger partial charge >= 0.3 is 0 Å². The van der Waals surface area contributed by atoms with Gasteiger partial charge in [0.15, 0.2) is 0 Å². The molecule has 0 aliphatic heterocycles. The Kier molecular flexibility index (Phi) is 8.41. The Morgan fingerprint density at radius 3 is 1.61 bits per heavy atom. The first-order chi connectivity index (χ1) is 16.2. The van der Waals surface area contributed by atoms with Gasteiger partial charge < -0.3 is 24.4 Å². The van der Waals surface area contributed by atoms with Crippen LogP contribution < -0.4 is 0 Å². The zero-order valence-corrected chi connectivity index (χ0v) is 18.5. The Morgan fingerprint density at radius 1 is 0.576 bits per heavy atom. The van der Waals surface area contributed by atoms with Crippen LogP contribution in [0.15, 0.2) is 103 Å². The minimum absolute atomic E-state index is 0.244. The molecule has 3 aromatic carbocycles. The van der Waals surface area contributed by atoms with Gasteiger partial charge in [0, 0.05) is 0 Å². The van der Waals surface area contributed by atoms with Crippen LogP contribution in [-0.2, 0) is 34.0 Å². The zero-order chi connectivity index (χ0) is 22.9. The van der Waals surface area contributed by atoms with Crippen LogP contribution in [0.4, 0.5) is 0 Å². The summed E-state index contributed by atoms with van der Waals surface area (Å²) in [7, 11) is 0. The molecule has 4 rings (SSSR count). The molecule has 0 bridgehead atoms. The van der Waals surface area contributed by atoms with Crippen LogP contribution in [0.1, 0.15) is 16.7 Å². The van der Waals surface area contributed by atoms with Gasteiger partial charge in [-0.1, -0.05) is 91.0 Å². The van der Waals surface area contributed by atoms with Crippen molar-refractivity contribution in [3.63, 3.8) is 0 Å². The first-order valence-electron chi connectivity index (χ1n) is 11.2. The summed E-state index contributed by atoms with van der Waals surface area (Å²) in [4.78, 5) is 0. The second-order valence-electron chi connectivity index (χ2n) is 8.18. The third-order valence-electron chi connectivity index (χ3n) is 5.67. The summed E-state index contributed by atoms with van der Waals surface area (Å²) in [6.07, 6.45) is -1.75. The van der Waals surface area contributed by atoms with E-state index in [0.29, 0.717) is 25.4 Å².